The Hall–Kier alpha value is -2.87. The molecule has 2 heterocycles. The maximum Gasteiger partial charge on any atom is 0.258 e. The van der Waals surface area contributed by atoms with Crippen LogP contribution in [-0.2, 0) is 0 Å². The van der Waals surface area contributed by atoms with E-state index in [1.165, 1.54) is 18.4 Å². The van der Waals surface area contributed by atoms with Gasteiger partial charge >= 0.3 is 0 Å². The van der Waals surface area contributed by atoms with Crippen LogP contribution in [0.4, 0.5) is 11.6 Å². The highest BCUT2D eigenvalue weighted by molar-refractivity contribution is 7.17. The van der Waals surface area contributed by atoms with Gasteiger partial charge in [-0.05, 0) is 12.1 Å². The second-order valence-corrected chi connectivity index (χ2v) is 5.74. The minimum absolute atomic E-state index is 0.259. The number of hydrogen-bond acceptors (Lipinski definition) is 7. The van der Waals surface area contributed by atoms with Crippen molar-refractivity contribution in [2.24, 2.45) is 0 Å². The smallest absolute Gasteiger partial charge is 0.258 e. The highest BCUT2D eigenvalue weighted by atomic mass is 32.1. The van der Waals surface area contributed by atoms with Gasteiger partial charge in [-0.25, -0.2) is 9.97 Å². The summed E-state index contributed by atoms with van der Waals surface area (Å²) in [5.41, 5.74) is 1.67. The SMILES string of the molecule is CNc1ncc2scc(C(=O)Nc3ccc(OC)cc3OC)c2n1. The number of hydrogen-bond donors (Lipinski definition) is 2. The normalized spacial score (nSPS) is 10.5. The predicted molar refractivity (Wildman–Crippen MR) is 94.5 cm³/mol. The summed E-state index contributed by atoms with van der Waals surface area (Å²) in [5.74, 6) is 1.38. The highest BCUT2D eigenvalue weighted by Gasteiger charge is 2.16. The van der Waals surface area contributed by atoms with Crippen LogP contribution in [0.5, 0.6) is 11.5 Å². The Morgan fingerprint density at radius 1 is 1.25 bits per heavy atom. The van der Waals surface area contributed by atoms with Crippen molar-refractivity contribution in [2.75, 3.05) is 31.9 Å². The fraction of sp³-hybridized carbons (Fsp3) is 0.188. The molecule has 0 aliphatic carbocycles. The molecular formula is C16H16N4O3S. The van der Waals surface area contributed by atoms with Crippen LogP contribution in [0.15, 0.2) is 29.8 Å². The lowest BCUT2D eigenvalue weighted by Gasteiger charge is -2.11. The number of methoxy groups -OCH3 is 2. The number of anilines is 2. The molecule has 0 saturated heterocycles. The van der Waals surface area contributed by atoms with Crippen molar-refractivity contribution in [3.05, 3.63) is 35.3 Å². The molecule has 0 bridgehead atoms. The van der Waals surface area contributed by atoms with Crippen LogP contribution in [0.25, 0.3) is 10.2 Å². The molecule has 3 aromatic rings. The largest absolute Gasteiger partial charge is 0.497 e. The van der Waals surface area contributed by atoms with Gasteiger partial charge in [0, 0.05) is 18.5 Å². The Kier molecular flexibility index (Phi) is 4.48. The van der Waals surface area contributed by atoms with Gasteiger partial charge in [0.1, 0.15) is 11.5 Å². The molecule has 2 N–H and O–H groups in total. The quantitative estimate of drug-likeness (QED) is 0.740. The van der Waals surface area contributed by atoms with Crippen LogP contribution in [0, 0.1) is 0 Å². The lowest BCUT2D eigenvalue weighted by molar-refractivity contribution is 0.102. The first-order valence-electron chi connectivity index (χ1n) is 7.11. The van der Waals surface area contributed by atoms with Crippen molar-refractivity contribution in [3.63, 3.8) is 0 Å². The summed E-state index contributed by atoms with van der Waals surface area (Å²) in [6, 6.07) is 5.20. The Labute approximate surface area is 142 Å². The molecule has 0 atom stereocenters. The zero-order valence-corrected chi connectivity index (χ0v) is 14.2. The van der Waals surface area contributed by atoms with E-state index in [2.05, 4.69) is 20.6 Å². The Morgan fingerprint density at radius 2 is 2.08 bits per heavy atom. The third-order valence-electron chi connectivity index (χ3n) is 3.44. The summed E-state index contributed by atoms with van der Waals surface area (Å²) in [6.07, 6.45) is 1.70. The van der Waals surface area contributed by atoms with Gasteiger partial charge in [-0.3, -0.25) is 4.79 Å². The van der Waals surface area contributed by atoms with Crippen molar-refractivity contribution in [2.45, 2.75) is 0 Å². The summed E-state index contributed by atoms with van der Waals surface area (Å²) < 4.78 is 11.3. The van der Waals surface area contributed by atoms with Crippen LogP contribution in [0.1, 0.15) is 10.4 Å². The number of benzene rings is 1. The summed E-state index contributed by atoms with van der Waals surface area (Å²) >= 11 is 1.42. The average molecular weight is 344 g/mol. The molecule has 3 rings (SSSR count). The summed E-state index contributed by atoms with van der Waals surface area (Å²) in [6.45, 7) is 0. The van der Waals surface area contributed by atoms with Crippen molar-refractivity contribution < 1.29 is 14.3 Å². The predicted octanol–water partition coefficient (Wildman–Crippen LogP) is 3.00. The maximum absolute atomic E-state index is 12.6. The molecule has 2 aromatic heterocycles. The monoisotopic (exact) mass is 344 g/mol. The van der Waals surface area contributed by atoms with Crippen LogP contribution in [0.3, 0.4) is 0 Å². The molecule has 0 aliphatic rings. The van der Waals surface area contributed by atoms with Crippen LogP contribution in [0.2, 0.25) is 0 Å². The van der Waals surface area contributed by atoms with Crippen molar-refractivity contribution in [1.82, 2.24) is 9.97 Å². The van der Waals surface area contributed by atoms with Crippen LogP contribution >= 0.6 is 11.3 Å². The molecule has 0 saturated carbocycles. The number of rotatable bonds is 5. The van der Waals surface area contributed by atoms with Crippen molar-refractivity contribution in [3.8, 4) is 11.5 Å². The molecule has 1 amide bonds. The first-order chi connectivity index (χ1) is 11.7. The van der Waals surface area contributed by atoms with Crippen molar-refractivity contribution >= 4 is 39.1 Å². The second-order valence-electron chi connectivity index (χ2n) is 4.83. The summed E-state index contributed by atoms with van der Waals surface area (Å²) in [5, 5.41) is 7.49. The number of aromatic nitrogens is 2. The van der Waals surface area contributed by atoms with Crippen LogP contribution < -0.4 is 20.1 Å². The van der Waals surface area contributed by atoms with E-state index >= 15 is 0 Å². The van der Waals surface area contributed by atoms with E-state index in [0.717, 1.165) is 4.70 Å². The molecule has 0 aliphatic heterocycles. The second kappa shape index (κ2) is 6.71. The Balaban J connectivity index is 1.93. The van der Waals surface area contributed by atoms with Gasteiger partial charge in [0.2, 0.25) is 5.95 Å². The number of amides is 1. The van der Waals surface area contributed by atoms with Gasteiger partial charge in [-0.1, -0.05) is 0 Å². The number of ether oxygens (including phenoxy) is 2. The molecule has 0 unspecified atom stereocenters. The topological polar surface area (TPSA) is 85.4 Å². The number of carbonyl (C=O) groups excluding carboxylic acids is 1. The van der Waals surface area contributed by atoms with Crippen molar-refractivity contribution in [1.29, 1.82) is 0 Å². The zero-order valence-electron chi connectivity index (χ0n) is 13.4. The molecule has 0 radical (unpaired) electrons. The first kappa shape index (κ1) is 16.0. The maximum atomic E-state index is 12.6. The van der Waals surface area contributed by atoms with Gasteiger partial charge in [-0.2, -0.15) is 0 Å². The minimum atomic E-state index is -0.259. The lowest BCUT2D eigenvalue weighted by atomic mass is 10.2. The molecule has 7 nitrogen and oxygen atoms in total. The van der Waals surface area contributed by atoms with E-state index in [0.29, 0.717) is 34.2 Å². The molecule has 124 valence electrons. The van der Waals surface area contributed by atoms with Crippen LogP contribution in [-0.4, -0.2) is 37.1 Å². The fourth-order valence-corrected chi connectivity index (χ4v) is 3.05. The van der Waals surface area contributed by atoms with Gasteiger partial charge in [0.25, 0.3) is 5.91 Å². The Bertz CT molecular complexity index is 894. The Morgan fingerprint density at radius 3 is 2.79 bits per heavy atom. The van der Waals surface area contributed by atoms with E-state index in [9.17, 15) is 4.79 Å². The minimum Gasteiger partial charge on any atom is -0.497 e. The van der Waals surface area contributed by atoms with Gasteiger partial charge in [-0.15, -0.1) is 11.3 Å². The lowest BCUT2D eigenvalue weighted by Crippen LogP contribution is -2.12. The van der Waals surface area contributed by atoms with Gasteiger partial charge in [0.15, 0.2) is 0 Å². The average Bonchev–Trinajstić information content (AvgIpc) is 3.05. The van der Waals surface area contributed by atoms with Gasteiger partial charge in [0.05, 0.1) is 41.9 Å². The van der Waals surface area contributed by atoms with E-state index in [-0.39, 0.29) is 5.91 Å². The number of nitrogens with one attached hydrogen (secondary N) is 2. The first-order valence-corrected chi connectivity index (χ1v) is 7.99. The molecular weight excluding hydrogens is 328 g/mol. The molecule has 24 heavy (non-hydrogen) atoms. The molecule has 0 spiro atoms. The standard InChI is InChI=1S/C16H16N4O3S/c1-17-16-18-7-13-14(20-16)10(8-24-13)15(21)19-11-5-4-9(22-2)6-12(11)23-3/h4-8H,1-3H3,(H,19,21)(H,17,18,20). The van der Waals surface area contributed by atoms with Gasteiger partial charge < -0.3 is 20.1 Å². The number of thiophene rings is 1. The third-order valence-corrected chi connectivity index (χ3v) is 4.35. The third kappa shape index (κ3) is 2.95. The molecule has 0 fully saturated rings. The highest BCUT2D eigenvalue weighted by Crippen LogP contribution is 2.31. The summed E-state index contributed by atoms with van der Waals surface area (Å²) in [7, 11) is 4.84. The zero-order chi connectivity index (χ0) is 17.1. The molecule has 8 heteroatoms. The number of carbonyl (C=O) groups is 1. The fourth-order valence-electron chi connectivity index (χ4n) is 2.20. The van der Waals surface area contributed by atoms with E-state index in [1.807, 2.05) is 0 Å². The van der Waals surface area contributed by atoms with E-state index < -0.39 is 0 Å². The van der Waals surface area contributed by atoms with E-state index in [1.54, 1.807) is 43.9 Å². The molecule has 1 aromatic carbocycles. The van der Waals surface area contributed by atoms with E-state index in [4.69, 9.17) is 9.47 Å². The number of fused-ring (bicyclic) bond motifs is 1. The number of nitrogens with zero attached hydrogens (tertiary/aromatic N) is 2. The summed E-state index contributed by atoms with van der Waals surface area (Å²) in [4.78, 5) is 21.2.